The van der Waals surface area contributed by atoms with Crippen molar-refractivity contribution in [1.29, 1.82) is 0 Å². The molecule has 3 N–H and O–H groups in total. The third kappa shape index (κ3) is 3.65. The fourth-order valence-electron chi connectivity index (χ4n) is 1.69. The molecule has 1 heterocycles. The molecule has 0 aromatic rings. The van der Waals surface area contributed by atoms with Gasteiger partial charge in [-0.2, -0.15) is 0 Å². The SMILES string of the molecule is CNC1COCC1C(=O)NCC(OC)C(=O)O. The van der Waals surface area contributed by atoms with Crippen LogP contribution in [0.2, 0.25) is 0 Å². The van der Waals surface area contributed by atoms with E-state index in [0.29, 0.717) is 13.2 Å². The van der Waals surface area contributed by atoms with Gasteiger partial charge in [0, 0.05) is 13.2 Å². The molecule has 1 fully saturated rings. The summed E-state index contributed by atoms with van der Waals surface area (Å²) in [6, 6.07) is -0.0270. The molecule has 1 saturated heterocycles. The predicted octanol–water partition coefficient (Wildman–Crippen LogP) is -1.56. The summed E-state index contributed by atoms with van der Waals surface area (Å²) in [6.07, 6.45) is -1.02. The number of carbonyl (C=O) groups excluding carboxylic acids is 1. The van der Waals surface area contributed by atoms with Crippen LogP contribution in [-0.2, 0) is 19.1 Å². The second-order valence-corrected chi connectivity index (χ2v) is 3.85. The summed E-state index contributed by atoms with van der Waals surface area (Å²) in [7, 11) is 3.05. The van der Waals surface area contributed by atoms with Crippen LogP contribution in [0.3, 0.4) is 0 Å². The van der Waals surface area contributed by atoms with Crippen molar-refractivity contribution in [3.63, 3.8) is 0 Å². The highest BCUT2D eigenvalue weighted by molar-refractivity contribution is 5.81. The molecule has 98 valence electrons. The molecule has 1 aliphatic heterocycles. The van der Waals surface area contributed by atoms with E-state index in [0.717, 1.165) is 0 Å². The Kier molecular flexibility index (Phi) is 5.33. The predicted molar refractivity (Wildman–Crippen MR) is 58.6 cm³/mol. The summed E-state index contributed by atoms with van der Waals surface area (Å²) in [5, 5.41) is 14.3. The lowest BCUT2D eigenvalue weighted by molar-refractivity contribution is -0.148. The monoisotopic (exact) mass is 246 g/mol. The maximum atomic E-state index is 11.8. The summed E-state index contributed by atoms with van der Waals surface area (Å²) in [4.78, 5) is 22.4. The van der Waals surface area contributed by atoms with E-state index in [-0.39, 0.29) is 24.4 Å². The normalized spacial score (nSPS) is 25.5. The molecule has 7 nitrogen and oxygen atoms in total. The fourth-order valence-corrected chi connectivity index (χ4v) is 1.69. The minimum absolute atomic E-state index is 0.0270. The number of rotatable bonds is 6. The van der Waals surface area contributed by atoms with E-state index < -0.39 is 12.1 Å². The third-order valence-electron chi connectivity index (χ3n) is 2.81. The van der Waals surface area contributed by atoms with Gasteiger partial charge < -0.3 is 25.2 Å². The largest absolute Gasteiger partial charge is 0.479 e. The van der Waals surface area contributed by atoms with Gasteiger partial charge in [0.2, 0.25) is 5.91 Å². The van der Waals surface area contributed by atoms with Gasteiger partial charge in [-0.1, -0.05) is 0 Å². The number of carboxylic acid groups (broad SMARTS) is 1. The number of hydrogen-bond acceptors (Lipinski definition) is 5. The first-order valence-corrected chi connectivity index (χ1v) is 5.38. The highest BCUT2D eigenvalue weighted by atomic mass is 16.5. The van der Waals surface area contributed by atoms with Crippen molar-refractivity contribution in [2.45, 2.75) is 12.1 Å². The van der Waals surface area contributed by atoms with Crippen LogP contribution in [0.15, 0.2) is 0 Å². The first kappa shape index (κ1) is 13.9. The van der Waals surface area contributed by atoms with Crippen LogP contribution in [0.1, 0.15) is 0 Å². The Hall–Kier alpha value is -1.18. The van der Waals surface area contributed by atoms with Gasteiger partial charge in [-0.05, 0) is 7.05 Å². The minimum atomic E-state index is -1.10. The van der Waals surface area contributed by atoms with Crippen molar-refractivity contribution < 1.29 is 24.2 Å². The van der Waals surface area contributed by atoms with Crippen LogP contribution in [-0.4, -0.2) is 63.0 Å². The molecule has 0 bridgehead atoms. The van der Waals surface area contributed by atoms with Crippen LogP contribution >= 0.6 is 0 Å². The number of aliphatic carboxylic acids is 1. The Morgan fingerprint density at radius 3 is 2.76 bits per heavy atom. The molecule has 17 heavy (non-hydrogen) atoms. The lowest BCUT2D eigenvalue weighted by Gasteiger charge is -2.18. The Morgan fingerprint density at radius 1 is 1.53 bits per heavy atom. The van der Waals surface area contributed by atoms with E-state index in [1.54, 1.807) is 7.05 Å². The van der Waals surface area contributed by atoms with Crippen LogP contribution in [0.25, 0.3) is 0 Å². The van der Waals surface area contributed by atoms with E-state index in [1.165, 1.54) is 7.11 Å². The van der Waals surface area contributed by atoms with Gasteiger partial charge >= 0.3 is 5.97 Å². The number of amides is 1. The van der Waals surface area contributed by atoms with E-state index in [4.69, 9.17) is 14.6 Å². The molecule has 0 aromatic carbocycles. The highest BCUT2D eigenvalue weighted by Crippen LogP contribution is 2.13. The molecule has 0 aliphatic carbocycles. The second kappa shape index (κ2) is 6.53. The van der Waals surface area contributed by atoms with Gasteiger partial charge in [0.15, 0.2) is 6.10 Å². The number of nitrogens with one attached hydrogen (secondary N) is 2. The molecular weight excluding hydrogens is 228 g/mol. The van der Waals surface area contributed by atoms with Crippen LogP contribution in [0, 0.1) is 5.92 Å². The van der Waals surface area contributed by atoms with Gasteiger partial charge in [0.05, 0.1) is 25.7 Å². The smallest absolute Gasteiger partial charge is 0.334 e. The van der Waals surface area contributed by atoms with E-state index in [9.17, 15) is 9.59 Å². The maximum absolute atomic E-state index is 11.8. The highest BCUT2D eigenvalue weighted by Gasteiger charge is 2.33. The van der Waals surface area contributed by atoms with Crippen molar-refractivity contribution in [1.82, 2.24) is 10.6 Å². The zero-order valence-electron chi connectivity index (χ0n) is 9.93. The molecule has 1 aliphatic rings. The first-order valence-electron chi connectivity index (χ1n) is 5.38. The molecule has 7 heteroatoms. The summed E-state index contributed by atoms with van der Waals surface area (Å²) in [5.41, 5.74) is 0. The molecule has 3 unspecified atom stereocenters. The number of hydrogen-bond donors (Lipinski definition) is 3. The molecule has 3 atom stereocenters. The lowest BCUT2D eigenvalue weighted by Crippen LogP contribution is -2.46. The zero-order chi connectivity index (χ0) is 12.8. The van der Waals surface area contributed by atoms with Gasteiger partial charge in [0.1, 0.15) is 0 Å². The van der Waals surface area contributed by atoms with Crippen molar-refractivity contribution in [2.24, 2.45) is 5.92 Å². The summed E-state index contributed by atoms with van der Waals surface area (Å²) < 4.78 is 9.91. The molecule has 1 rings (SSSR count). The van der Waals surface area contributed by atoms with E-state index >= 15 is 0 Å². The molecule has 0 aromatic heterocycles. The molecule has 0 saturated carbocycles. The summed E-state index contributed by atoms with van der Waals surface area (Å²) in [5.74, 6) is -1.60. The van der Waals surface area contributed by atoms with Crippen molar-refractivity contribution in [2.75, 3.05) is 33.9 Å². The van der Waals surface area contributed by atoms with Crippen molar-refractivity contribution in [3.8, 4) is 0 Å². The molecule has 0 spiro atoms. The number of likely N-dealkylation sites (N-methyl/N-ethyl adjacent to an activating group) is 1. The lowest BCUT2D eigenvalue weighted by atomic mass is 10.0. The van der Waals surface area contributed by atoms with Gasteiger partial charge in [-0.25, -0.2) is 4.79 Å². The average Bonchev–Trinajstić information content (AvgIpc) is 2.77. The fraction of sp³-hybridized carbons (Fsp3) is 0.800. The van der Waals surface area contributed by atoms with Crippen LogP contribution in [0.5, 0.6) is 0 Å². The molecule has 0 radical (unpaired) electrons. The molecule has 1 amide bonds. The second-order valence-electron chi connectivity index (χ2n) is 3.85. The Bertz CT molecular complexity index is 284. The van der Waals surface area contributed by atoms with Gasteiger partial charge in [-0.15, -0.1) is 0 Å². The standard InChI is InChI=1S/C10H18N2O5/c1-11-7-5-17-4-6(7)9(13)12-3-8(16-2)10(14)15/h6-8,11H,3-5H2,1-2H3,(H,12,13)(H,14,15). The van der Waals surface area contributed by atoms with Crippen molar-refractivity contribution >= 4 is 11.9 Å². The number of carbonyl (C=O) groups is 2. The summed E-state index contributed by atoms with van der Waals surface area (Å²) >= 11 is 0. The average molecular weight is 246 g/mol. The van der Waals surface area contributed by atoms with Crippen LogP contribution in [0.4, 0.5) is 0 Å². The van der Waals surface area contributed by atoms with Gasteiger partial charge in [-0.3, -0.25) is 4.79 Å². The maximum Gasteiger partial charge on any atom is 0.334 e. The first-order chi connectivity index (χ1) is 8.10. The van der Waals surface area contributed by atoms with Crippen molar-refractivity contribution in [3.05, 3.63) is 0 Å². The number of carboxylic acids is 1. The van der Waals surface area contributed by atoms with E-state index in [2.05, 4.69) is 10.6 Å². The Labute approximate surface area is 99.5 Å². The number of methoxy groups -OCH3 is 1. The summed E-state index contributed by atoms with van der Waals surface area (Å²) in [6.45, 7) is 0.793. The third-order valence-corrected chi connectivity index (χ3v) is 2.81. The zero-order valence-corrected chi connectivity index (χ0v) is 9.93. The minimum Gasteiger partial charge on any atom is -0.479 e. The van der Waals surface area contributed by atoms with Gasteiger partial charge in [0.25, 0.3) is 0 Å². The molecular formula is C10H18N2O5. The Balaban J connectivity index is 2.41. The number of ether oxygens (including phenoxy) is 2. The Morgan fingerprint density at radius 2 is 2.24 bits per heavy atom. The van der Waals surface area contributed by atoms with E-state index in [1.807, 2.05) is 0 Å². The van der Waals surface area contributed by atoms with Crippen LogP contribution < -0.4 is 10.6 Å². The topological polar surface area (TPSA) is 96.9 Å². The quantitative estimate of drug-likeness (QED) is 0.524.